The van der Waals surface area contributed by atoms with E-state index in [0.29, 0.717) is 18.7 Å². The number of piperidine rings is 1. The third kappa shape index (κ3) is 4.90. The first-order valence-electron chi connectivity index (χ1n) is 12.9. The maximum atomic E-state index is 13.3. The summed E-state index contributed by atoms with van der Waals surface area (Å²) >= 11 is 0. The molecule has 0 radical (unpaired) electrons. The summed E-state index contributed by atoms with van der Waals surface area (Å²) in [5.41, 5.74) is 7.18. The van der Waals surface area contributed by atoms with Crippen molar-refractivity contribution in [3.8, 4) is 5.75 Å². The first-order chi connectivity index (χ1) is 16.6. The van der Waals surface area contributed by atoms with E-state index in [1.807, 2.05) is 12.1 Å². The average Bonchev–Trinajstić information content (AvgIpc) is 3.26. The van der Waals surface area contributed by atoms with Crippen molar-refractivity contribution in [2.75, 3.05) is 13.2 Å². The number of primary amides is 1. The number of nitrogens with one attached hydrogen (secondary N) is 1. The lowest BCUT2D eigenvalue weighted by atomic mass is 9.67. The van der Waals surface area contributed by atoms with Crippen LogP contribution in [-0.2, 0) is 26.3 Å². The van der Waals surface area contributed by atoms with Crippen molar-refractivity contribution in [3.63, 3.8) is 0 Å². The van der Waals surface area contributed by atoms with Crippen LogP contribution in [0.25, 0.3) is 0 Å². The Labute approximate surface area is 209 Å². The van der Waals surface area contributed by atoms with Gasteiger partial charge in [0.15, 0.2) is 0 Å². The van der Waals surface area contributed by atoms with Crippen molar-refractivity contribution < 1.29 is 25.3 Å². The van der Waals surface area contributed by atoms with E-state index >= 15 is 0 Å². The SMILES string of the molecule is [2H]N1CCC2(COc3c2ccc2c3CN([C@@H](CCC(=O)OC(C)(C)C)C(N)=O)C2=O)CC1C(C)(C)C. The third-order valence-corrected chi connectivity index (χ3v) is 7.41. The minimum Gasteiger partial charge on any atom is -0.492 e. The molecule has 3 N–H and O–H groups in total. The zero-order valence-corrected chi connectivity index (χ0v) is 21.8. The van der Waals surface area contributed by atoms with E-state index in [2.05, 4.69) is 20.8 Å². The first-order valence-corrected chi connectivity index (χ1v) is 12.5. The number of carbonyl (C=O) groups excluding carboxylic acids is 3. The Hall–Kier alpha value is -2.61. The van der Waals surface area contributed by atoms with Crippen LogP contribution >= 0.6 is 0 Å². The Morgan fingerprint density at radius 2 is 2.03 bits per heavy atom. The minimum atomic E-state index is -0.916. The van der Waals surface area contributed by atoms with Crippen LogP contribution in [0.1, 0.15) is 88.7 Å². The van der Waals surface area contributed by atoms with Crippen LogP contribution in [0.2, 0.25) is 1.41 Å². The summed E-state index contributed by atoms with van der Waals surface area (Å²) in [6.07, 6.45) is 1.71. The number of fused-ring (bicyclic) bond motifs is 4. The molecule has 1 spiro atoms. The molecule has 0 aromatic heterocycles. The van der Waals surface area contributed by atoms with Crippen LogP contribution in [0.15, 0.2) is 12.1 Å². The van der Waals surface area contributed by atoms with Crippen molar-refractivity contribution in [1.29, 1.82) is 0 Å². The first kappa shape index (κ1) is 24.1. The smallest absolute Gasteiger partial charge is 0.306 e. The van der Waals surface area contributed by atoms with Crippen molar-refractivity contribution in [2.45, 2.75) is 96.9 Å². The number of rotatable bonds is 5. The fourth-order valence-electron chi connectivity index (χ4n) is 5.53. The zero-order valence-electron chi connectivity index (χ0n) is 22.8. The molecule has 8 nitrogen and oxygen atoms in total. The highest BCUT2D eigenvalue weighted by atomic mass is 16.6. The summed E-state index contributed by atoms with van der Waals surface area (Å²) in [7, 11) is 0. The van der Waals surface area contributed by atoms with Gasteiger partial charge in [0.2, 0.25) is 5.91 Å². The van der Waals surface area contributed by atoms with Crippen LogP contribution in [0, 0.1) is 5.41 Å². The lowest BCUT2D eigenvalue weighted by Crippen LogP contribution is -2.52. The van der Waals surface area contributed by atoms with Crippen molar-refractivity contribution in [1.82, 2.24) is 10.2 Å². The summed E-state index contributed by atoms with van der Waals surface area (Å²) in [5.74, 6) is -0.633. The minimum absolute atomic E-state index is 0.0134. The Bertz CT molecular complexity index is 1080. The van der Waals surface area contributed by atoms with E-state index in [9.17, 15) is 14.4 Å². The lowest BCUT2D eigenvalue weighted by molar-refractivity contribution is -0.155. The highest BCUT2D eigenvalue weighted by Gasteiger charge is 2.49. The second-order valence-corrected chi connectivity index (χ2v) is 12.3. The van der Waals surface area contributed by atoms with E-state index < -0.39 is 23.5 Å². The summed E-state index contributed by atoms with van der Waals surface area (Å²) in [5, 5.41) is 1.70. The Balaban J connectivity index is 1.57. The number of hydrogen-bond donors (Lipinski definition) is 2. The number of nitrogens with zero attached hydrogens (tertiary/aromatic N) is 1. The molecule has 35 heavy (non-hydrogen) atoms. The van der Waals surface area contributed by atoms with Gasteiger partial charge in [-0.25, -0.2) is 0 Å². The second-order valence-electron chi connectivity index (χ2n) is 12.3. The summed E-state index contributed by atoms with van der Waals surface area (Å²) in [4.78, 5) is 39.4. The van der Waals surface area contributed by atoms with E-state index in [1.54, 1.807) is 26.1 Å². The van der Waals surface area contributed by atoms with E-state index in [-0.39, 0.29) is 42.2 Å². The van der Waals surface area contributed by atoms with Gasteiger partial charge < -0.3 is 25.4 Å². The van der Waals surface area contributed by atoms with Gasteiger partial charge in [-0.2, -0.15) is 0 Å². The number of nitrogens with two attached hydrogens (primary N) is 1. The molecular weight excluding hydrogens is 446 g/mol. The molecule has 1 aromatic carbocycles. The molecule has 0 bridgehead atoms. The van der Waals surface area contributed by atoms with Crippen LogP contribution in [-0.4, -0.2) is 53.5 Å². The van der Waals surface area contributed by atoms with Crippen LogP contribution < -0.4 is 15.8 Å². The predicted molar refractivity (Wildman–Crippen MR) is 132 cm³/mol. The molecule has 3 atom stereocenters. The van der Waals surface area contributed by atoms with Crippen LogP contribution in [0.5, 0.6) is 5.75 Å². The number of amides is 2. The summed E-state index contributed by atoms with van der Waals surface area (Å²) < 4.78 is 20.1. The van der Waals surface area contributed by atoms with Gasteiger partial charge in [-0.15, -0.1) is 0 Å². The van der Waals surface area contributed by atoms with Crippen molar-refractivity contribution in [2.24, 2.45) is 11.1 Å². The van der Waals surface area contributed by atoms with Gasteiger partial charge in [0.1, 0.15) is 18.8 Å². The molecule has 3 heterocycles. The van der Waals surface area contributed by atoms with E-state index in [1.165, 1.54) is 4.90 Å². The molecule has 1 fully saturated rings. The van der Waals surface area contributed by atoms with Gasteiger partial charge >= 0.3 is 5.97 Å². The fraction of sp³-hybridized carbons (Fsp3) is 0.667. The lowest BCUT2D eigenvalue weighted by Gasteiger charge is -2.43. The molecule has 1 saturated heterocycles. The molecular formula is C27H39N3O5. The van der Waals surface area contributed by atoms with Gasteiger partial charge in [0, 0.05) is 34.6 Å². The largest absolute Gasteiger partial charge is 0.492 e. The van der Waals surface area contributed by atoms with Crippen LogP contribution in [0.3, 0.4) is 0 Å². The molecule has 2 amide bonds. The van der Waals surface area contributed by atoms with E-state index in [0.717, 1.165) is 29.7 Å². The molecule has 192 valence electrons. The molecule has 0 saturated carbocycles. The van der Waals surface area contributed by atoms with E-state index in [4.69, 9.17) is 16.6 Å². The topological polar surface area (TPSA) is 111 Å². The standard InChI is InChI=1S/C27H39N3O5/c1-25(2,3)20-13-27(11-12-29-20)15-34-22-17-14-30(24(33)16(17)7-8-18(22)27)19(23(28)32)9-10-21(31)35-26(4,5)6/h7-8,19-20,29H,9-15H2,1-6H3,(H2,28,32)/t19-,20?,27?/m0/s1/i/hD. The molecule has 4 rings (SSSR count). The Morgan fingerprint density at radius 1 is 1.31 bits per heavy atom. The summed E-state index contributed by atoms with van der Waals surface area (Å²) in [6, 6.07) is 2.99. The molecule has 3 aliphatic rings. The van der Waals surface area contributed by atoms with Gasteiger partial charge in [-0.1, -0.05) is 26.8 Å². The number of esters is 1. The highest BCUT2D eigenvalue weighted by Crippen LogP contribution is 2.50. The average molecular weight is 487 g/mol. The molecule has 1 aromatic rings. The molecule has 8 heteroatoms. The maximum Gasteiger partial charge on any atom is 0.306 e. The normalized spacial score (nSPS) is 25.7. The van der Waals surface area contributed by atoms with Gasteiger partial charge in [0.05, 0.1) is 13.2 Å². The zero-order chi connectivity index (χ0) is 26.6. The highest BCUT2D eigenvalue weighted by molar-refractivity contribution is 6.02. The monoisotopic (exact) mass is 486 g/mol. The van der Waals surface area contributed by atoms with Crippen molar-refractivity contribution in [3.05, 3.63) is 28.8 Å². The quantitative estimate of drug-likeness (QED) is 0.619. The fourth-order valence-corrected chi connectivity index (χ4v) is 5.53. The number of carbonyl (C=O) groups is 3. The maximum absolute atomic E-state index is 13.3. The van der Waals surface area contributed by atoms with Gasteiger partial charge in [0.25, 0.3) is 5.91 Å². The van der Waals surface area contributed by atoms with Crippen molar-refractivity contribution >= 4 is 17.8 Å². The number of ether oxygens (including phenoxy) is 2. The second kappa shape index (κ2) is 8.80. The number of hydrogen-bond acceptors (Lipinski definition) is 6. The predicted octanol–water partition coefficient (Wildman–Crippen LogP) is 3.05. The van der Waals surface area contributed by atoms with Gasteiger partial charge in [-0.05, 0) is 58.1 Å². The van der Waals surface area contributed by atoms with Crippen LogP contribution in [0.4, 0.5) is 0 Å². The van der Waals surface area contributed by atoms with Gasteiger partial charge in [-0.3, -0.25) is 14.4 Å². The molecule has 3 aliphatic heterocycles. The Kier molecular flexibility index (Phi) is 6.06. The number of benzene rings is 1. The molecule has 0 aliphatic carbocycles. The molecule has 2 unspecified atom stereocenters. The third-order valence-electron chi connectivity index (χ3n) is 7.41. The summed E-state index contributed by atoms with van der Waals surface area (Å²) in [6.45, 7) is 13.2. The Morgan fingerprint density at radius 3 is 2.66 bits per heavy atom.